The lowest BCUT2D eigenvalue weighted by atomic mass is 9.96. The lowest BCUT2D eigenvalue weighted by Crippen LogP contribution is -2.49. The first-order chi connectivity index (χ1) is 9.74. The van der Waals surface area contributed by atoms with E-state index in [9.17, 15) is 13.2 Å². The number of carbonyl (C=O) groups is 1. The first-order valence-electron chi connectivity index (χ1n) is 7.51. The van der Waals surface area contributed by atoms with Crippen molar-refractivity contribution in [1.82, 2.24) is 10.2 Å². The molecule has 0 aliphatic carbocycles. The second kappa shape index (κ2) is 7.56. The molecule has 1 rings (SSSR count). The fourth-order valence-electron chi connectivity index (χ4n) is 2.61. The number of rotatable bonds is 8. The van der Waals surface area contributed by atoms with Crippen LogP contribution in [0, 0.1) is 0 Å². The third kappa shape index (κ3) is 5.23. The van der Waals surface area contributed by atoms with Gasteiger partial charge in [-0.25, -0.2) is 8.42 Å². The highest BCUT2D eigenvalue weighted by molar-refractivity contribution is 7.91. The Labute approximate surface area is 128 Å². The van der Waals surface area contributed by atoms with E-state index in [0.717, 1.165) is 13.0 Å². The van der Waals surface area contributed by atoms with Crippen molar-refractivity contribution in [1.29, 1.82) is 0 Å². The van der Waals surface area contributed by atoms with Crippen LogP contribution in [0.3, 0.4) is 0 Å². The number of ether oxygens (including phenoxy) is 1. The van der Waals surface area contributed by atoms with Gasteiger partial charge >= 0.3 is 5.97 Å². The van der Waals surface area contributed by atoms with E-state index in [2.05, 4.69) is 10.2 Å². The van der Waals surface area contributed by atoms with E-state index in [1.807, 2.05) is 14.0 Å². The summed E-state index contributed by atoms with van der Waals surface area (Å²) in [5.41, 5.74) is -0.682. The van der Waals surface area contributed by atoms with Crippen LogP contribution in [0.1, 0.15) is 33.1 Å². The highest BCUT2D eigenvalue weighted by atomic mass is 32.2. The van der Waals surface area contributed by atoms with Crippen LogP contribution in [0.5, 0.6) is 0 Å². The minimum atomic E-state index is -2.85. The second-order valence-corrected chi connectivity index (χ2v) is 8.17. The van der Waals surface area contributed by atoms with Gasteiger partial charge < -0.3 is 15.0 Å². The molecule has 0 amide bonds. The van der Waals surface area contributed by atoms with Crippen LogP contribution in [0.15, 0.2) is 0 Å². The molecule has 0 aromatic rings. The van der Waals surface area contributed by atoms with Gasteiger partial charge in [0.05, 0.1) is 18.1 Å². The van der Waals surface area contributed by atoms with Crippen molar-refractivity contribution < 1.29 is 17.9 Å². The van der Waals surface area contributed by atoms with Crippen LogP contribution >= 0.6 is 0 Å². The summed E-state index contributed by atoms with van der Waals surface area (Å²) in [5.74, 6) is 0.308. The Morgan fingerprint density at radius 2 is 2.14 bits per heavy atom. The summed E-state index contributed by atoms with van der Waals surface area (Å²) in [6.45, 7) is 4.78. The molecule has 2 unspecified atom stereocenters. The van der Waals surface area contributed by atoms with Crippen LogP contribution in [-0.2, 0) is 19.4 Å². The van der Waals surface area contributed by atoms with E-state index in [1.54, 1.807) is 14.0 Å². The van der Waals surface area contributed by atoms with Gasteiger partial charge in [0.1, 0.15) is 5.54 Å². The van der Waals surface area contributed by atoms with E-state index in [0.29, 0.717) is 25.2 Å². The monoisotopic (exact) mass is 320 g/mol. The molecule has 124 valence electrons. The number of hydrogen-bond donors (Lipinski definition) is 1. The topological polar surface area (TPSA) is 75.7 Å². The molecule has 1 aliphatic rings. The van der Waals surface area contributed by atoms with E-state index in [-0.39, 0.29) is 17.8 Å². The number of esters is 1. The van der Waals surface area contributed by atoms with Crippen molar-refractivity contribution in [3.8, 4) is 0 Å². The lowest BCUT2D eigenvalue weighted by molar-refractivity contribution is -0.150. The number of carbonyl (C=O) groups excluding carboxylic acids is 1. The first-order valence-corrected chi connectivity index (χ1v) is 9.33. The summed E-state index contributed by atoms with van der Waals surface area (Å²) in [4.78, 5) is 14.0. The van der Waals surface area contributed by atoms with Gasteiger partial charge in [0.25, 0.3) is 0 Å². The largest absolute Gasteiger partial charge is 0.465 e. The molecular formula is C14H28N2O4S. The molecule has 1 N–H and O–H groups in total. The second-order valence-electron chi connectivity index (χ2n) is 5.94. The van der Waals surface area contributed by atoms with Gasteiger partial charge in [0, 0.05) is 6.04 Å². The summed E-state index contributed by atoms with van der Waals surface area (Å²) in [6, 6.07) is 0.110. The molecule has 21 heavy (non-hydrogen) atoms. The van der Waals surface area contributed by atoms with Crippen LogP contribution in [0.2, 0.25) is 0 Å². The zero-order valence-electron chi connectivity index (χ0n) is 13.5. The molecule has 7 heteroatoms. The average Bonchev–Trinajstić information content (AvgIpc) is 2.79. The average molecular weight is 320 g/mol. The van der Waals surface area contributed by atoms with Crippen molar-refractivity contribution >= 4 is 15.8 Å². The minimum Gasteiger partial charge on any atom is -0.465 e. The zero-order chi connectivity index (χ0) is 16.1. The molecule has 2 atom stereocenters. The number of sulfone groups is 1. The summed E-state index contributed by atoms with van der Waals surface area (Å²) >= 11 is 0. The van der Waals surface area contributed by atoms with Gasteiger partial charge in [-0.3, -0.25) is 4.79 Å². The smallest absolute Gasteiger partial charge is 0.326 e. The number of likely N-dealkylation sites (N-methyl/N-ethyl adjacent to an activating group) is 1. The predicted octanol–water partition coefficient (Wildman–Crippen LogP) is 0.427. The van der Waals surface area contributed by atoms with Crippen LogP contribution in [0.25, 0.3) is 0 Å². The standard InChI is InChI=1S/C14H28N2O4S/c1-5-20-13(17)14(2,15-3)8-6-9-16(4)12-7-10-21(18,19)11-12/h12,15H,5-11H2,1-4H3. The summed E-state index contributed by atoms with van der Waals surface area (Å²) in [7, 11) is 0.858. The molecule has 0 radical (unpaired) electrons. The molecule has 1 fully saturated rings. The highest BCUT2D eigenvalue weighted by Gasteiger charge is 2.34. The molecule has 1 heterocycles. The maximum Gasteiger partial charge on any atom is 0.326 e. The van der Waals surface area contributed by atoms with Crippen LogP contribution in [-0.4, -0.2) is 69.6 Å². The molecule has 1 aliphatic heterocycles. The molecule has 0 aromatic heterocycles. The van der Waals surface area contributed by atoms with Gasteiger partial charge in [-0.05, 0) is 53.8 Å². The summed E-state index contributed by atoms with van der Waals surface area (Å²) < 4.78 is 28.1. The molecule has 0 spiro atoms. The Bertz CT molecular complexity index is 452. The Balaban J connectivity index is 2.42. The van der Waals surface area contributed by atoms with Crippen LogP contribution in [0.4, 0.5) is 0 Å². The third-order valence-electron chi connectivity index (χ3n) is 4.30. The van der Waals surface area contributed by atoms with Crippen LogP contribution < -0.4 is 5.32 Å². The minimum absolute atomic E-state index is 0.110. The summed E-state index contributed by atoms with van der Waals surface area (Å²) in [6.07, 6.45) is 2.18. The number of hydrogen-bond acceptors (Lipinski definition) is 6. The van der Waals surface area contributed by atoms with Gasteiger partial charge in [-0.2, -0.15) is 0 Å². The van der Waals surface area contributed by atoms with Crippen molar-refractivity contribution in [3.63, 3.8) is 0 Å². The number of nitrogens with one attached hydrogen (secondary N) is 1. The van der Waals surface area contributed by atoms with Gasteiger partial charge in [0.2, 0.25) is 0 Å². The Morgan fingerprint density at radius 1 is 1.48 bits per heavy atom. The van der Waals surface area contributed by atoms with Gasteiger partial charge in [-0.1, -0.05) is 0 Å². The lowest BCUT2D eigenvalue weighted by Gasteiger charge is -2.29. The van der Waals surface area contributed by atoms with E-state index in [4.69, 9.17) is 4.74 Å². The van der Waals surface area contributed by atoms with Gasteiger partial charge in [0.15, 0.2) is 9.84 Å². The number of nitrogens with zero attached hydrogens (tertiary/aromatic N) is 1. The maximum atomic E-state index is 11.9. The SMILES string of the molecule is CCOC(=O)C(C)(CCCN(C)C1CCS(=O)(=O)C1)NC. The Kier molecular flexibility index (Phi) is 6.62. The van der Waals surface area contributed by atoms with E-state index < -0.39 is 15.4 Å². The fourth-order valence-corrected chi connectivity index (χ4v) is 4.41. The Hall–Kier alpha value is -0.660. The molecule has 0 bridgehead atoms. The predicted molar refractivity (Wildman–Crippen MR) is 83.0 cm³/mol. The van der Waals surface area contributed by atoms with Crippen molar-refractivity contribution in [2.45, 2.75) is 44.7 Å². The maximum absolute atomic E-state index is 11.9. The normalized spacial score (nSPS) is 24.0. The zero-order valence-corrected chi connectivity index (χ0v) is 14.3. The third-order valence-corrected chi connectivity index (χ3v) is 6.05. The van der Waals surface area contributed by atoms with Crippen molar-refractivity contribution in [3.05, 3.63) is 0 Å². The molecule has 0 saturated carbocycles. The van der Waals surface area contributed by atoms with Crippen molar-refractivity contribution in [2.24, 2.45) is 0 Å². The van der Waals surface area contributed by atoms with E-state index in [1.165, 1.54) is 0 Å². The van der Waals surface area contributed by atoms with E-state index >= 15 is 0 Å². The first kappa shape index (κ1) is 18.4. The fraction of sp³-hybridized carbons (Fsp3) is 0.929. The Morgan fingerprint density at radius 3 is 2.62 bits per heavy atom. The highest BCUT2D eigenvalue weighted by Crippen LogP contribution is 2.19. The molecule has 6 nitrogen and oxygen atoms in total. The molecular weight excluding hydrogens is 292 g/mol. The quantitative estimate of drug-likeness (QED) is 0.654. The van der Waals surface area contributed by atoms with Crippen molar-refractivity contribution in [2.75, 3.05) is 38.8 Å². The van der Waals surface area contributed by atoms with Gasteiger partial charge in [-0.15, -0.1) is 0 Å². The molecule has 0 aromatic carbocycles. The summed E-state index contributed by atoms with van der Waals surface area (Å²) in [5, 5.41) is 3.03. The molecule has 1 saturated heterocycles.